The number of halogens is 1. The van der Waals surface area contributed by atoms with E-state index in [4.69, 9.17) is 4.74 Å². The van der Waals surface area contributed by atoms with Gasteiger partial charge in [-0.1, -0.05) is 58.3 Å². The van der Waals surface area contributed by atoms with Crippen molar-refractivity contribution < 1.29 is 4.74 Å². The van der Waals surface area contributed by atoms with Crippen LogP contribution in [0.15, 0.2) is 29.4 Å². The van der Waals surface area contributed by atoms with Crippen LogP contribution in [0.5, 0.6) is 5.75 Å². The molecule has 0 unspecified atom stereocenters. The van der Waals surface area contributed by atoms with Crippen LogP contribution in [0.25, 0.3) is 11.4 Å². The number of rotatable bonds is 13. The number of methoxy groups -OCH3 is 1. The number of hydrogen-bond acceptors (Lipinski definition) is 2. The van der Waals surface area contributed by atoms with Crippen LogP contribution in [0.2, 0.25) is 0 Å². The fourth-order valence-corrected chi connectivity index (χ4v) is 3.03. The van der Waals surface area contributed by atoms with Gasteiger partial charge < -0.3 is 14.7 Å². The molecule has 2 N–H and O–H groups in total. The zero-order chi connectivity index (χ0) is 17.7. The summed E-state index contributed by atoms with van der Waals surface area (Å²) in [7, 11) is 1.69. The third-order valence-corrected chi connectivity index (χ3v) is 4.53. The van der Waals surface area contributed by atoms with Gasteiger partial charge >= 0.3 is 0 Å². The van der Waals surface area contributed by atoms with E-state index in [-0.39, 0.29) is 12.4 Å². The second-order valence-electron chi connectivity index (χ2n) is 6.61. The van der Waals surface area contributed by atoms with Crippen LogP contribution in [0.1, 0.15) is 70.4 Å². The fraction of sp³-hybridized carbons (Fsp3) is 0.571. The Labute approximate surface area is 164 Å². The lowest BCUT2D eigenvalue weighted by molar-refractivity contribution is 0.415. The van der Waals surface area contributed by atoms with Gasteiger partial charge in [-0.25, -0.2) is 0 Å². The van der Waals surface area contributed by atoms with Gasteiger partial charge in [-0.15, -0.1) is 12.4 Å². The minimum Gasteiger partial charge on any atom is -0.494 e. The van der Waals surface area contributed by atoms with Crippen molar-refractivity contribution in [3.05, 3.63) is 30.1 Å². The molecule has 0 fully saturated rings. The van der Waals surface area contributed by atoms with Crippen molar-refractivity contribution in [1.29, 1.82) is 0 Å². The molecule has 0 aliphatic carbocycles. The number of ether oxygens (including phenoxy) is 1. The summed E-state index contributed by atoms with van der Waals surface area (Å²) in [5, 5.41) is 0. The highest BCUT2D eigenvalue weighted by atomic mass is 35.5. The van der Waals surface area contributed by atoms with Crippen LogP contribution in [0, 0.1) is 0 Å². The van der Waals surface area contributed by atoms with E-state index in [0.717, 1.165) is 35.8 Å². The Morgan fingerprint density at radius 3 is 2.31 bits per heavy atom. The lowest BCUT2D eigenvalue weighted by Gasteiger charge is -2.00. The third-order valence-electron chi connectivity index (χ3n) is 4.53. The van der Waals surface area contributed by atoms with E-state index in [9.17, 15) is 0 Å². The molecule has 0 atom stereocenters. The summed E-state index contributed by atoms with van der Waals surface area (Å²) >= 11 is 0. The molecule has 0 amide bonds. The summed E-state index contributed by atoms with van der Waals surface area (Å²) in [6, 6.07) is 6.03. The number of H-pyrrole nitrogens is 2. The largest absolute Gasteiger partial charge is 0.494 e. The second-order valence-corrected chi connectivity index (χ2v) is 6.61. The van der Waals surface area contributed by atoms with Gasteiger partial charge in [0.15, 0.2) is 0 Å². The topological polar surface area (TPSA) is 53.2 Å². The van der Waals surface area contributed by atoms with Crippen molar-refractivity contribution in [2.75, 3.05) is 13.7 Å². The van der Waals surface area contributed by atoms with E-state index in [1.807, 2.05) is 30.6 Å². The van der Waals surface area contributed by atoms with Crippen LogP contribution in [-0.4, -0.2) is 29.8 Å². The molecule has 0 aliphatic rings. The van der Waals surface area contributed by atoms with Gasteiger partial charge in [-0.3, -0.25) is 4.99 Å². The van der Waals surface area contributed by atoms with Crippen LogP contribution in [0.4, 0.5) is 0 Å². The second kappa shape index (κ2) is 13.5. The monoisotopic (exact) mass is 379 g/mol. The van der Waals surface area contributed by atoms with E-state index in [1.165, 1.54) is 51.4 Å². The maximum atomic E-state index is 5.44. The van der Waals surface area contributed by atoms with Gasteiger partial charge in [-0.05, 0) is 18.6 Å². The molecule has 146 valence electrons. The molecule has 2 heterocycles. The molecule has 0 radical (unpaired) electrons. The third kappa shape index (κ3) is 7.69. The van der Waals surface area contributed by atoms with E-state index < -0.39 is 0 Å². The highest BCUT2D eigenvalue weighted by Gasteiger charge is 2.08. The Hall–Kier alpha value is -1.68. The number of aromatic nitrogens is 2. The summed E-state index contributed by atoms with van der Waals surface area (Å²) in [5.41, 5.74) is 3.01. The van der Waals surface area contributed by atoms with Crippen LogP contribution >= 0.6 is 12.4 Å². The molecule has 0 bridgehead atoms. The van der Waals surface area contributed by atoms with Crippen molar-refractivity contribution in [2.24, 2.45) is 4.99 Å². The van der Waals surface area contributed by atoms with Crippen molar-refractivity contribution >= 4 is 18.6 Å². The zero-order valence-electron chi connectivity index (χ0n) is 16.2. The summed E-state index contributed by atoms with van der Waals surface area (Å²) in [5.74, 6) is 0.834. The van der Waals surface area contributed by atoms with Gasteiger partial charge in [0.25, 0.3) is 0 Å². The predicted octanol–water partition coefficient (Wildman–Crippen LogP) is 6.39. The molecule has 2 rings (SSSR count). The number of unbranched alkanes of at least 4 members (excludes halogenated alkanes) is 8. The molecule has 2 aromatic rings. The summed E-state index contributed by atoms with van der Waals surface area (Å²) in [4.78, 5) is 11.1. The normalized spacial score (nSPS) is 11.0. The Morgan fingerprint density at radius 1 is 1.00 bits per heavy atom. The summed E-state index contributed by atoms with van der Waals surface area (Å²) in [6.07, 6.45) is 15.9. The van der Waals surface area contributed by atoms with Crippen molar-refractivity contribution in [1.82, 2.24) is 9.97 Å². The van der Waals surface area contributed by atoms with E-state index in [0.29, 0.717) is 0 Å². The number of nitrogens with zero attached hydrogens (tertiary/aromatic N) is 1. The van der Waals surface area contributed by atoms with Gasteiger partial charge in [-0.2, -0.15) is 0 Å². The average Bonchev–Trinajstić information content (AvgIpc) is 3.29. The molecule has 2 aromatic heterocycles. The first-order valence-electron chi connectivity index (χ1n) is 9.75. The minimum atomic E-state index is 0. The lowest BCUT2D eigenvalue weighted by Crippen LogP contribution is -1.90. The number of aromatic amines is 2. The van der Waals surface area contributed by atoms with Crippen LogP contribution in [-0.2, 0) is 0 Å². The molecule has 0 aliphatic heterocycles. The Kier molecular flexibility index (Phi) is 11.6. The number of aliphatic imine (C=N–C) groups is 1. The first kappa shape index (κ1) is 22.4. The smallest absolute Gasteiger partial charge is 0.146 e. The molecule has 0 aromatic carbocycles. The van der Waals surface area contributed by atoms with Gasteiger partial charge in [0, 0.05) is 25.0 Å². The number of nitrogens with one attached hydrogen (secondary N) is 2. The Bertz CT molecular complexity index is 605. The quantitative estimate of drug-likeness (QED) is 0.307. The molecule has 0 saturated heterocycles. The van der Waals surface area contributed by atoms with Gasteiger partial charge in [0.05, 0.1) is 24.2 Å². The lowest BCUT2D eigenvalue weighted by atomic mass is 10.1. The molecular weight excluding hydrogens is 346 g/mol. The summed E-state index contributed by atoms with van der Waals surface area (Å²) < 4.78 is 5.44. The van der Waals surface area contributed by atoms with E-state index in [2.05, 4.69) is 21.9 Å². The first-order chi connectivity index (χ1) is 12.3. The SMILES string of the molecule is CCCCCCCCCCCN=Cc1[nH]c(-c2ccc[nH]2)cc1OC.Cl. The average molecular weight is 380 g/mol. The van der Waals surface area contributed by atoms with Crippen LogP contribution < -0.4 is 4.74 Å². The van der Waals surface area contributed by atoms with Crippen molar-refractivity contribution in [3.8, 4) is 17.1 Å². The first-order valence-corrected chi connectivity index (χ1v) is 9.75. The Balaban J connectivity index is 0.00000338. The van der Waals surface area contributed by atoms with E-state index in [1.54, 1.807) is 7.11 Å². The van der Waals surface area contributed by atoms with E-state index >= 15 is 0 Å². The van der Waals surface area contributed by atoms with Gasteiger partial charge in [0.1, 0.15) is 5.75 Å². The highest BCUT2D eigenvalue weighted by Crippen LogP contribution is 2.25. The maximum Gasteiger partial charge on any atom is 0.146 e. The van der Waals surface area contributed by atoms with Crippen LogP contribution in [0.3, 0.4) is 0 Å². The molecule has 0 saturated carbocycles. The van der Waals surface area contributed by atoms with Gasteiger partial charge in [0.2, 0.25) is 0 Å². The summed E-state index contributed by atoms with van der Waals surface area (Å²) in [6.45, 7) is 3.15. The van der Waals surface area contributed by atoms with Crippen molar-refractivity contribution in [2.45, 2.75) is 64.7 Å². The molecule has 5 heteroatoms. The highest BCUT2D eigenvalue weighted by molar-refractivity contribution is 5.85. The fourth-order valence-electron chi connectivity index (χ4n) is 3.03. The standard InChI is InChI=1S/C21H33N3O.ClH/c1-3-4-5-6-7-8-9-10-11-14-22-17-20-21(25-2)16-19(24-20)18-13-12-15-23-18;/h12-13,15-17,23-24H,3-11,14H2,1-2H3;1H. The minimum absolute atomic E-state index is 0. The number of hydrogen-bond donors (Lipinski definition) is 2. The molecule has 26 heavy (non-hydrogen) atoms. The predicted molar refractivity (Wildman–Crippen MR) is 114 cm³/mol. The van der Waals surface area contributed by atoms with Crippen molar-refractivity contribution in [3.63, 3.8) is 0 Å². The molecule has 0 spiro atoms. The maximum absolute atomic E-state index is 5.44. The molecular formula is C21H34ClN3O. The Morgan fingerprint density at radius 2 is 1.69 bits per heavy atom. The molecule has 4 nitrogen and oxygen atoms in total. The zero-order valence-corrected chi connectivity index (χ0v) is 17.0.